The molecule has 0 spiro atoms. The van der Waals surface area contributed by atoms with E-state index in [0.717, 1.165) is 11.6 Å². The van der Waals surface area contributed by atoms with Crippen LogP contribution in [0.3, 0.4) is 0 Å². The third-order valence-corrected chi connectivity index (χ3v) is 4.83. The van der Waals surface area contributed by atoms with Crippen molar-refractivity contribution in [2.45, 2.75) is 25.6 Å². The largest absolute Gasteiger partial charge is 0.481 e. The number of halogens is 3. The molecule has 0 fully saturated rings. The van der Waals surface area contributed by atoms with Gasteiger partial charge in [-0.05, 0) is 55.3 Å². The van der Waals surface area contributed by atoms with E-state index in [1.165, 1.54) is 37.3 Å². The number of hydrogen-bond donors (Lipinski definition) is 2. The third-order valence-electron chi connectivity index (χ3n) is 4.83. The van der Waals surface area contributed by atoms with E-state index in [1.54, 1.807) is 12.1 Å². The monoisotopic (exact) mass is 456 g/mol. The van der Waals surface area contributed by atoms with Crippen molar-refractivity contribution < 1.29 is 27.5 Å². The highest BCUT2D eigenvalue weighted by Crippen LogP contribution is 2.34. The number of rotatable bonds is 8. The van der Waals surface area contributed by atoms with Gasteiger partial charge in [-0.15, -0.1) is 0 Å². The number of amides is 2. The predicted octanol–water partition coefficient (Wildman–Crippen LogP) is 5.08. The molecule has 33 heavy (non-hydrogen) atoms. The summed E-state index contributed by atoms with van der Waals surface area (Å²) in [4.78, 5) is 24.6. The molecule has 3 rings (SSSR count). The summed E-state index contributed by atoms with van der Waals surface area (Å²) < 4.78 is 44.8. The molecule has 0 aliphatic carbocycles. The Morgan fingerprint density at radius 2 is 1.55 bits per heavy atom. The number of carbonyl (C=O) groups excluding carboxylic acids is 2. The van der Waals surface area contributed by atoms with Crippen LogP contribution in [0.1, 0.15) is 28.4 Å². The van der Waals surface area contributed by atoms with Gasteiger partial charge in [0.05, 0.1) is 11.3 Å². The van der Waals surface area contributed by atoms with Crippen LogP contribution in [0.4, 0.5) is 18.9 Å². The maximum atomic E-state index is 13.1. The van der Waals surface area contributed by atoms with Gasteiger partial charge >= 0.3 is 6.18 Å². The lowest BCUT2D eigenvalue weighted by molar-refractivity contribution is -0.137. The summed E-state index contributed by atoms with van der Waals surface area (Å²) in [6.45, 7) is 1.91. The Morgan fingerprint density at radius 1 is 0.909 bits per heavy atom. The average Bonchev–Trinajstić information content (AvgIpc) is 2.80. The van der Waals surface area contributed by atoms with Gasteiger partial charge in [-0.1, -0.05) is 42.5 Å². The SMILES string of the molecule is C[C@H](Oc1ccc(C(=O)NCCc2ccccc2)cc1)C(=O)Nc1ccccc1C(F)(F)F. The standard InChI is InChI=1S/C25H23F3N2O3/c1-17(23(31)30-22-10-6-5-9-21(22)25(26,27)28)33-20-13-11-19(12-14-20)24(32)29-16-15-18-7-3-2-4-8-18/h2-14,17H,15-16H2,1H3,(H,29,32)(H,30,31)/t17-/m0/s1. The summed E-state index contributed by atoms with van der Waals surface area (Å²) in [7, 11) is 0. The van der Waals surface area contributed by atoms with Crippen LogP contribution in [-0.4, -0.2) is 24.5 Å². The zero-order valence-corrected chi connectivity index (χ0v) is 17.9. The second-order valence-electron chi connectivity index (χ2n) is 7.31. The molecule has 0 saturated carbocycles. The number of nitrogens with one attached hydrogen (secondary N) is 2. The molecule has 0 aliphatic heterocycles. The Labute approximate surface area is 189 Å². The summed E-state index contributed by atoms with van der Waals surface area (Å²) in [6, 6.07) is 20.7. The van der Waals surface area contributed by atoms with Crippen molar-refractivity contribution in [3.05, 3.63) is 95.6 Å². The summed E-state index contributed by atoms with van der Waals surface area (Å²) in [6.07, 6.45) is -4.94. The minimum Gasteiger partial charge on any atom is -0.481 e. The van der Waals surface area contributed by atoms with Gasteiger partial charge in [-0.25, -0.2) is 0 Å². The van der Waals surface area contributed by atoms with Gasteiger partial charge in [0.25, 0.3) is 11.8 Å². The lowest BCUT2D eigenvalue weighted by Gasteiger charge is -2.17. The lowest BCUT2D eigenvalue weighted by Crippen LogP contribution is -2.31. The van der Waals surface area contributed by atoms with Crippen molar-refractivity contribution in [1.29, 1.82) is 0 Å². The number of ether oxygens (including phenoxy) is 1. The number of benzene rings is 3. The first-order chi connectivity index (χ1) is 15.7. The van der Waals surface area contributed by atoms with Crippen LogP contribution in [0.5, 0.6) is 5.75 Å². The molecule has 8 heteroatoms. The summed E-state index contributed by atoms with van der Waals surface area (Å²) in [5.74, 6) is -0.663. The van der Waals surface area contributed by atoms with Crippen LogP contribution in [0.15, 0.2) is 78.9 Å². The van der Waals surface area contributed by atoms with Crippen LogP contribution in [0.25, 0.3) is 0 Å². The fourth-order valence-corrected chi connectivity index (χ4v) is 3.08. The first kappa shape index (κ1) is 23.8. The molecule has 0 saturated heterocycles. The van der Waals surface area contributed by atoms with Crippen LogP contribution in [0.2, 0.25) is 0 Å². The van der Waals surface area contributed by atoms with Crippen molar-refractivity contribution in [2.75, 3.05) is 11.9 Å². The number of anilines is 1. The first-order valence-corrected chi connectivity index (χ1v) is 10.3. The first-order valence-electron chi connectivity index (χ1n) is 10.3. The Morgan fingerprint density at radius 3 is 2.21 bits per heavy atom. The van der Waals surface area contributed by atoms with Crippen molar-refractivity contribution in [1.82, 2.24) is 5.32 Å². The Balaban J connectivity index is 1.53. The highest BCUT2D eigenvalue weighted by atomic mass is 19.4. The Kier molecular flexibility index (Phi) is 7.71. The van der Waals surface area contributed by atoms with Crippen LogP contribution < -0.4 is 15.4 Å². The molecule has 172 valence electrons. The van der Waals surface area contributed by atoms with Crippen molar-refractivity contribution in [2.24, 2.45) is 0 Å². The van der Waals surface area contributed by atoms with E-state index in [4.69, 9.17) is 4.74 Å². The molecule has 0 aromatic heterocycles. The van der Waals surface area contributed by atoms with Gasteiger partial charge in [-0.2, -0.15) is 13.2 Å². The minimum absolute atomic E-state index is 0.243. The molecule has 3 aromatic carbocycles. The predicted molar refractivity (Wildman–Crippen MR) is 119 cm³/mol. The molecule has 0 heterocycles. The van der Waals surface area contributed by atoms with Gasteiger partial charge in [0.1, 0.15) is 5.75 Å². The molecule has 1 atom stereocenters. The molecule has 2 amide bonds. The molecule has 2 N–H and O–H groups in total. The highest BCUT2D eigenvalue weighted by Gasteiger charge is 2.34. The third kappa shape index (κ3) is 6.83. The maximum absolute atomic E-state index is 13.1. The number of carbonyl (C=O) groups is 2. The van der Waals surface area contributed by atoms with E-state index in [1.807, 2.05) is 30.3 Å². The Bertz CT molecular complexity index is 1080. The fourth-order valence-electron chi connectivity index (χ4n) is 3.08. The summed E-state index contributed by atoms with van der Waals surface area (Å²) in [5.41, 5.74) is 0.263. The van der Waals surface area contributed by atoms with E-state index in [9.17, 15) is 22.8 Å². The second-order valence-corrected chi connectivity index (χ2v) is 7.31. The van der Waals surface area contributed by atoms with E-state index < -0.39 is 23.8 Å². The lowest BCUT2D eigenvalue weighted by atomic mass is 10.1. The van der Waals surface area contributed by atoms with Gasteiger partial charge in [0.15, 0.2) is 6.10 Å². The summed E-state index contributed by atoms with van der Waals surface area (Å²) in [5, 5.41) is 5.09. The molecule has 3 aromatic rings. The van der Waals surface area contributed by atoms with Gasteiger partial charge < -0.3 is 15.4 Å². The number of alkyl halides is 3. The number of hydrogen-bond acceptors (Lipinski definition) is 3. The molecule has 0 unspecified atom stereocenters. The van der Waals surface area contributed by atoms with E-state index in [2.05, 4.69) is 10.6 Å². The average molecular weight is 456 g/mol. The van der Waals surface area contributed by atoms with Crippen LogP contribution >= 0.6 is 0 Å². The fraction of sp³-hybridized carbons (Fsp3) is 0.200. The van der Waals surface area contributed by atoms with E-state index >= 15 is 0 Å². The van der Waals surface area contributed by atoms with Gasteiger partial charge in [-0.3, -0.25) is 9.59 Å². The number of para-hydroxylation sites is 1. The van der Waals surface area contributed by atoms with Gasteiger partial charge in [0, 0.05) is 12.1 Å². The molecular weight excluding hydrogens is 433 g/mol. The molecule has 0 aliphatic rings. The second kappa shape index (κ2) is 10.7. The molecular formula is C25H23F3N2O3. The highest BCUT2D eigenvalue weighted by molar-refractivity contribution is 5.95. The van der Waals surface area contributed by atoms with Gasteiger partial charge in [0.2, 0.25) is 0 Å². The zero-order chi connectivity index (χ0) is 23.8. The minimum atomic E-state index is -4.59. The molecule has 0 bridgehead atoms. The molecule has 0 radical (unpaired) electrons. The maximum Gasteiger partial charge on any atom is 0.418 e. The van der Waals surface area contributed by atoms with Crippen molar-refractivity contribution in [3.63, 3.8) is 0 Å². The van der Waals surface area contributed by atoms with Crippen molar-refractivity contribution in [3.8, 4) is 5.75 Å². The normalized spacial score (nSPS) is 12.0. The van der Waals surface area contributed by atoms with Crippen LogP contribution in [-0.2, 0) is 17.4 Å². The van der Waals surface area contributed by atoms with Crippen molar-refractivity contribution >= 4 is 17.5 Å². The smallest absolute Gasteiger partial charge is 0.418 e. The van der Waals surface area contributed by atoms with E-state index in [0.29, 0.717) is 24.3 Å². The summed E-state index contributed by atoms with van der Waals surface area (Å²) >= 11 is 0. The Hall–Kier alpha value is -3.81. The van der Waals surface area contributed by atoms with Crippen LogP contribution in [0, 0.1) is 0 Å². The zero-order valence-electron chi connectivity index (χ0n) is 17.9. The topological polar surface area (TPSA) is 67.4 Å². The quantitative estimate of drug-likeness (QED) is 0.497. The van der Waals surface area contributed by atoms with E-state index in [-0.39, 0.29) is 11.6 Å². The molecule has 5 nitrogen and oxygen atoms in total.